The van der Waals surface area contributed by atoms with Crippen molar-refractivity contribution >= 4 is 19.9 Å². The maximum Gasteiger partial charge on any atom is 0.193 e. The normalized spacial score (nSPS) is 27.8. The predicted octanol–water partition coefficient (Wildman–Crippen LogP) is 8.97. The fourth-order valence-electron chi connectivity index (χ4n) is 4.88. The summed E-state index contributed by atoms with van der Waals surface area (Å²) in [4.78, 5) is 0. The highest BCUT2D eigenvalue weighted by Gasteiger charge is 2.42. The molecule has 0 unspecified atom stereocenters. The smallest absolute Gasteiger partial charge is 0.193 e. The average molecular weight is 517 g/mol. The molecule has 2 aliphatic rings. The van der Waals surface area contributed by atoms with Gasteiger partial charge in [-0.2, -0.15) is 0 Å². The van der Waals surface area contributed by atoms with Gasteiger partial charge in [0.2, 0.25) is 0 Å². The van der Waals surface area contributed by atoms with Crippen LogP contribution in [0.15, 0.2) is 60.9 Å². The third-order valence-corrected chi connectivity index (χ3v) is 12.7. The first-order chi connectivity index (χ1) is 16.5. The third kappa shape index (κ3) is 8.00. The number of hydrogen-bond acceptors (Lipinski definition) is 3. The minimum absolute atomic E-state index is 0.118. The van der Waals surface area contributed by atoms with Gasteiger partial charge in [-0.25, -0.2) is 0 Å². The first-order valence-corrected chi connectivity index (χ1v) is 16.5. The highest BCUT2D eigenvalue weighted by atomic mass is 35.5. The number of halogens is 1. The van der Waals surface area contributed by atoms with Gasteiger partial charge in [-0.1, -0.05) is 76.2 Å². The van der Waals surface area contributed by atoms with Crippen molar-refractivity contribution in [2.24, 2.45) is 17.8 Å². The zero-order valence-electron chi connectivity index (χ0n) is 22.6. The predicted molar refractivity (Wildman–Crippen MR) is 151 cm³/mol. The van der Waals surface area contributed by atoms with Crippen LogP contribution in [0.4, 0.5) is 0 Å². The Morgan fingerprint density at radius 2 is 2.03 bits per heavy atom. The van der Waals surface area contributed by atoms with E-state index >= 15 is 0 Å². The van der Waals surface area contributed by atoms with Crippen LogP contribution in [0.3, 0.4) is 0 Å². The Morgan fingerprint density at radius 3 is 2.74 bits per heavy atom. The van der Waals surface area contributed by atoms with E-state index in [1.54, 1.807) is 0 Å². The molecule has 0 aromatic heterocycles. The summed E-state index contributed by atoms with van der Waals surface area (Å²) in [6.45, 7) is 18.4. The summed E-state index contributed by atoms with van der Waals surface area (Å²) < 4.78 is 19.3. The summed E-state index contributed by atoms with van der Waals surface area (Å²) in [6.07, 6.45) is 14.7. The second-order valence-electron chi connectivity index (χ2n) is 11.8. The molecule has 194 valence electrons. The number of hydrogen-bond donors (Lipinski definition) is 0. The molecular weight excluding hydrogens is 472 g/mol. The van der Waals surface area contributed by atoms with E-state index in [0.29, 0.717) is 29.4 Å². The van der Waals surface area contributed by atoms with Gasteiger partial charge in [0.25, 0.3) is 0 Å². The van der Waals surface area contributed by atoms with Crippen molar-refractivity contribution in [1.29, 1.82) is 0 Å². The van der Waals surface area contributed by atoms with Crippen LogP contribution in [0.2, 0.25) is 23.2 Å². The van der Waals surface area contributed by atoms with Crippen LogP contribution in [0, 0.1) is 17.8 Å². The molecule has 1 aromatic rings. The lowest BCUT2D eigenvalue weighted by atomic mass is 9.86. The molecular formula is C30H45ClO3Si. The zero-order valence-corrected chi connectivity index (χ0v) is 24.3. The first-order valence-electron chi connectivity index (χ1n) is 13.2. The van der Waals surface area contributed by atoms with Crippen molar-refractivity contribution < 1.29 is 13.9 Å². The Morgan fingerprint density at radius 1 is 1.26 bits per heavy atom. The second-order valence-corrected chi connectivity index (χ2v) is 17.0. The molecule has 3 rings (SSSR count). The number of allylic oxidation sites excluding steroid dienone is 4. The fourth-order valence-corrected chi connectivity index (χ4v) is 6.32. The van der Waals surface area contributed by atoms with E-state index in [-0.39, 0.29) is 17.2 Å². The molecule has 1 heterocycles. The van der Waals surface area contributed by atoms with Crippen molar-refractivity contribution in [2.45, 2.75) is 90.1 Å². The van der Waals surface area contributed by atoms with E-state index in [0.717, 1.165) is 43.6 Å². The summed E-state index contributed by atoms with van der Waals surface area (Å²) in [5, 5.41) is 0.798. The Hall–Kier alpha value is -1.49. The molecule has 0 bridgehead atoms. The van der Waals surface area contributed by atoms with Gasteiger partial charge in [0, 0.05) is 17.4 Å². The maximum absolute atomic E-state index is 6.82. The minimum Gasteiger partial charge on any atom is -0.495 e. The first kappa shape index (κ1) is 28.1. The number of ether oxygens (including phenoxy) is 2. The van der Waals surface area contributed by atoms with Crippen molar-refractivity contribution in [3.8, 4) is 5.75 Å². The molecule has 0 amide bonds. The molecule has 1 saturated carbocycles. The number of benzene rings is 1. The summed E-state index contributed by atoms with van der Waals surface area (Å²) in [5.41, 5.74) is 0. The fraction of sp³-hybridized carbons (Fsp3) is 0.600. The molecule has 1 aliphatic heterocycles. The van der Waals surface area contributed by atoms with E-state index in [9.17, 15) is 0 Å². The molecule has 1 aromatic carbocycles. The zero-order chi connectivity index (χ0) is 25.6. The van der Waals surface area contributed by atoms with Gasteiger partial charge in [0.05, 0.1) is 11.9 Å². The highest BCUT2D eigenvalue weighted by molar-refractivity contribution is 6.74. The van der Waals surface area contributed by atoms with Crippen LogP contribution in [0.25, 0.3) is 0 Å². The Kier molecular flexibility index (Phi) is 9.76. The van der Waals surface area contributed by atoms with Gasteiger partial charge in [0.1, 0.15) is 18.5 Å². The Balaban J connectivity index is 1.79. The van der Waals surface area contributed by atoms with Gasteiger partial charge in [-0.3, -0.25) is 0 Å². The molecule has 0 spiro atoms. The molecule has 3 nitrogen and oxygen atoms in total. The van der Waals surface area contributed by atoms with Crippen LogP contribution in [0.5, 0.6) is 5.75 Å². The largest absolute Gasteiger partial charge is 0.495 e. The minimum atomic E-state index is -1.99. The monoisotopic (exact) mass is 516 g/mol. The summed E-state index contributed by atoms with van der Waals surface area (Å²) >= 11 is 6.17. The molecule has 35 heavy (non-hydrogen) atoms. The maximum atomic E-state index is 6.82. The standard InChI is InChI=1S/C30H45ClO3Si/c1-22-19-29-28(16-11-9-8-10-13-23(2)33-29)27(22)18-17-26(34-35(6,7)30(3,4)5)21-32-25-15-12-14-24(31)20-25/h9,11-12,14-15,17-18,20,22,26-29H,2,8,10,13,16,19,21H2,1,3-7H3/b11-9-,18-17+/t22-,26-,27+,28-,29+/m1/s1. The molecule has 0 radical (unpaired) electrons. The molecule has 1 fully saturated rings. The topological polar surface area (TPSA) is 27.7 Å². The summed E-state index contributed by atoms with van der Waals surface area (Å²) in [6, 6.07) is 7.58. The van der Waals surface area contributed by atoms with Gasteiger partial charge in [0.15, 0.2) is 8.32 Å². The van der Waals surface area contributed by atoms with Gasteiger partial charge in [-0.05, 0) is 73.9 Å². The molecule has 0 saturated heterocycles. The van der Waals surface area contributed by atoms with Gasteiger partial charge >= 0.3 is 0 Å². The van der Waals surface area contributed by atoms with E-state index in [2.05, 4.69) is 71.7 Å². The lowest BCUT2D eigenvalue weighted by Crippen LogP contribution is -2.45. The number of rotatable bonds is 7. The van der Waals surface area contributed by atoms with E-state index in [1.807, 2.05) is 24.3 Å². The van der Waals surface area contributed by atoms with Crippen LogP contribution >= 0.6 is 11.6 Å². The quantitative estimate of drug-likeness (QED) is 0.267. The molecule has 1 aliphatic carbocycles. The number of fused-ring (bicyclic) bond motifs is 1. The van der Waals surface area contributed by atoms with Gasteiger partial charge < -0.3 is 13.9 Å². The van der Waals surface area contributed by atoms with Crippen molar-refractivity contribution in [1.82, 2.24) is 0 Å². The van der Waals surface area contributed by atoms with Crippen molar-refractivity contribution in [3.63, 3.8) is 0 Å². The third-order valence-electron chi connectivity index (χ3n) is 7.96. The highest BCUT2D eigenvalue weighted by Crippen LogP contribution is 2.43. The van der Waals surface area contributed by atoms with Crippen LogP contribution in [-0.2, 0) is 9.16 Å². The second kappa shape index (κ2) is 12.2. The van der Waals surface area contributed by atoms with Crippen LogP contribution in [0.1, 0.15) is 59.8 Å². The molecule has 5 atom stereocenters. The molecule has 0 N–H and O–H groups in total. The van der Waals surface area contributed by atoms with E-state index < -0.39 is 8.32 Å². The van der Waals surface area contributed by atoms with Crippen LogP contribution in [-0.4, -0.2) is 27.1 Å². The van der Waals surface area contributed by atoms with Crippen LogP contribution < -0.4 is 4.74 Å². The van der Waals surface area contributed by atoms with Gasteiger partial charge in [-0.15, -0.1) is 0 Å². The van der Waals surface area contributed by atoms with Crippen molar-refractivity contribution in [2.75, 3.05) is 6.61 Å². The van der Waals surface area contributed by atoms with E-state index in [4.69, 9.17) is 25.5 Å². The Bertz CT molecular complexity index is 901. The van der Waals surface area contributed by atoms with E-state index in [1.165, 1.54) is 0 Å². The van der Waals surface area contributed by atoms with Crippen molar-refractivity contribution in [3.05, 3.63) is 65.9 Å². The Labute approximate surface area is 219 Å². The summed E-state index contributed by atoms with van der Waals surface area (Å²) in [5.74, 6) is 3.16. The lowest BCUT2D eigenvalue weighted by Gasteiger charge is -2.38. The molecule has 5 heteroatoms. The SMILES string of the molecule is C=C1CCC/C=C\C[C@@H]2[C@@H](/C=C/[C@H](COc3cccc(Cl)c3)O[Si](C)(C)C(C)(C)C)[C@H](C)C[C@@H]2O1. The summed E-state index contributed by atoms with van der Waals surface area (Å²) in [7, 11) is -1.99. The average Bonchev–Trinajstić information content (AvgIpc) is 3.05. The lowest BCUT2D eigenvalue weighted by molar-refractivity contribution is 0.0719.